The first-order chi connectivity index (χ1) is 7.41. The van der Waals surface area contributed by atoms with Crippen molar-refractivity contribution in [3.63, 3.8) is 0 Å². The van der Waals surface area contributed by atoms with E-state index in [1.165, 1.54) is 0 Å². The predicted molar refractivity (Wildman–Crippen MR) is 66.0 cm³/mol. The van der Waals surface area contributed by atoms with Crippen LogP contribution in [0.4, 0.5) is 0 Å². The molecule has 1 aliphatic rings. The van der Waals surface area contributed by atoms with E-state index >= 15 is 0 Å². The highest BCUT2D eigenvalue weighted by atomic mass is 16.3. The molecule has 2 atom stereocenters. The molecule has 0 aromatic heterocycles. The van der Waals surface area contributed by atoms with Gasteiger partial charge in [-0.25, -0.2) is 0 Å². The Labute approximate surface area is 98.1 Å². The van der Waals surface area contributed by atoms with Crippen molar-refractivity contribution in [1.29, 1.82) is 0 Å². The van der Waals surface area contributed by atoms with Gasteiger partial charge in [0.2, 0.25) is 0 Å². The molecule has 2 nitrogen and oxygen atoms in total. The SMILES string of the molecule is C=C[C@H](C1=CC(C)(C)CC1=O)[C@H](C)CCO. The van der Waals surface area contributed by atoms with E-state index in [1.807, 2.05) is 6.08 Å². The molecular weight excluding hydrogens is 200 g/mol. The second-order valence-electron chi connectivity index (χ2n) is 5.44. The van der Waals surface area contributed by atoms with Gasteiger partial charge >= 0.3 is 0 Å². The van der Waals surface area contributed by atoms with E-state index in [2.05, 4.69) is 33.4 Å². The molecule has 0 bridgehead atoms. The molecule has 90 valence electrons. The summed E-state index contributed by atoms with van der Waals surface area (Å²) in [6, 6.07) is 0. The van der Waals surface area contributed by atoms with E-state index in [0.717, 1.165) is 5.57 Å². The molecule has 0 aromatic rings. The zero-order chi connectivity index (χ0) is 12.3. The zero-order valence-electron chi connectivity index (χ0n) is 10.5. The maximum atomic E-state index is 11.9. The number of carbonyl (C=O) groups is 1. The fourth-order valence-corrected chi connectivity index (χ4v) is 2.40. The van der Waals surface area contributed by atoms with Gasteiger partial charge in [-0.2, -0.15) is 0 Å². The first-order valence-electron chi connectivity index (χ1n) is 5.90. The largest absolute Gasteiger partial charge is 0.396 e. The molecule has 0 saturated carbocycles. The summed E-state index contributed by atoms with van der Waals surface area (Å²) in [4.78, 5) is 11.9. The van der Waals surface area contributed by atoms with E-state index in [0.29, 0.717) is 12.8 Å². The molecule has 16 heavy (non-hydrogen) atoms. The molecule has 0 fully saturated rings. The molecule has 0 radical (unpaired) electrons. The molecule has 0 amide bonds. The van der Waals surface area contributed by atoms with E-state index in [4.69, 9.17) is 5.11 Å². The summed E-state index contributed by atoms with van der Waals surface area (Å²) in [6.45, 7) is 10.2. The number of hydrogen-bond acceptors (Lipinski definition) is 2. The maximum Gasteiger partial charge on any atom is 0.160 e. The third kappa shape index (κ3) is 2.82. The summed E-state index contributed by atoms with van der Waals surface area (Å²) in [7, 11) is 0. The fourth-order valence-electron chi connectivity index (χ4n) is 2.40. The van der Waals surface area contributed by atoms with E-state index in [9.17, 15) is 4.79 Å². The number of ketones is 1. The Morgan fingerprint density at radius 3 is 2.62 bits per heavy atom. The van der Waals surface area contributed by atoms with Crippen LogP contribution in [0.3, 0.4) is 0 Å². The Morgan fingerprint density at radius 2 is 2.25 bits per heavy atom. The monoisotopic (exact) mass is 222 g/mol. The number of allylic oxidation sites excluding steroid dienone is 3. The lowest BCUT2D eigenvalue weighted by molar-refractivity contribution is -0.116. The van der Waals surface area contributed by atoms with Crippen LogP contribution in [0, 0.1) is 17.3 Å². The van der Waals surface area contributed by atoms with E-state index in [-0.39, 0.29) is 29.6 Å². The van der Waals surface area contributed by atoms with Crippen molar-refractivity contribution >= 4 is 5.78 Å². The topological polar surface area (TPSA) is 37.3 Å². The summed E-state index contributed by atoms with van der Waals surface area (Å²) in [5.74, 6) is 0.590. The highest BCUT2D eigenvalue weighted by Crippen LogP contribution is 2.38. The fraction of sp³-hybridized carbons (Fsp3) is 0.643. The Morgan fingerprint density at radius 1 is 1.62 bits per heavy atom. The van der Waals surface area contributed by atoms with Crippen LogP contribution < -0.4 is 0 Å². The average molecular weight is 222 g/mol. The van der Waals surface area contributed by atoms with Crippen LogP contribution in [0.5, 0.6) is 0 Å². The Bertz CT molecular complexity index is 313. The van der Waals surface area contributed by atoms with Crippen LogP contribution in [-0.2, 0) is 4.79 Å². The maximum absolute atomic E-state index is 11.9. The molecule has 1 N–H and O–H groups in total. The van der Waals surface area contributed by atoms with Gasteiger partial charge < -0.3 is 5.11 Å². The molecule has 1 rings (SSSR count). The van der Waals surface area contributed by atoms with Gasteiger partial charge in [0.1, 0.15) is 0 Å². The minimum Gasteiger partial charge on any atom is -0.396 e. The van der Waals surface area contributed by atoms with Crippen LogP contribution in [-0.4, -0.2) is 17.5 Å². The number of hydrogen-bond donors (Lipinski definition) is 1. The number of aliphatic hydroxyl groups excluding tert-OH is 1. The first-order valence-corrected chi connectivity index (χ1v) is 5.90. The second-order valence-corrected chi connectivity index (χ2v) is 5.44. The van der Waals surface area contributed by atoms with Gasteiger partial charge in [-0.1, -0.05) is 32.9 Å². The lowest BCUT2D eigenvalue weighted by Gasteiger charge is -2.20. The smallest absolute Gasteiger partial charge is 0.160 e. The summed E-state index contributed by atoms with van der Waals surface area (Å²) < 4.78 is 0. The minimum atomic E-state index is -0.0212. The Balaban J connectivity index is 2.89. The highest BCUT2D eigenvalue weighted by Gasteiger charge is 2.34. The number of Topliss-reactive ketones (excluding diaryl/α,β-unsaturated/α-hetero) is 1. The molecule has 1 aliphatic carbocycles. The Kier molecular flexibility index (Phi) is 4.09. The molecule has 0 heterocycles. The van der Waals surface area contributed by atoms with Crippen molar-refractivity contribution < 1.29 is 9.90 Å². The summed E-state index contributed by atoms with van der Waals surface area (Å²) in [5.41, 5.74) is 0.869. The summed E-state index contributed by atoms with van der Waals surface area (Å²) in [5, 5.41) is 8.95. The average Bonchev–Trinajstić information content (AvgIpc) is 2.42. The molecule has 0 unspecified atom stereocenters. The van der Waals surface area contributed by atoms with Gasteiger partial charge in [-0.15, -0.1) is 6.58 Å². The van der Waals surface area contributed by atoms with Crippen molar-refractivity contribution in [2.45, 2.75) is 33.6 Å². The van der Waals surface area contributed by atoms with Gasteiger partial charge in [0.15, 0.2) is 5.78 Å². The van der Waals surface area contributed by atoms with Gasteiger partial charge in [-0.05, 0) is 23.3 Å². The summed E-state index contributed by atoms with van der Waals surface area (Å²) in [6.07, 6.45) is 5.22. The van der Waals surface area contributed by atoms with E-state index in [1.54, 1.807) is 0 Å². The number of carbonyl (C=O) groups excluding carboxylic acids is 1. The van der Waals surface area contributed by atoms with Crippen LogP contribution in [0.1, 0.15) is 33.6 Å². The van der Waals surface area contributed by atoms with Crippen LogP contribution in [0.2, 0.25) is 0 Å². The van der Waals surface area contributed by atoms with Crippen LogP contribution in [0.15, 0.2) is 24.3 Å². The third-order valence-electron chi connectivity index (χ3n) is 3.29. The standard InChI is InChI=1S/C14H22O2/c1-5-11(10(2)6-7-15)12-8-14(3,4)9-13(12)16/h5,8,10-11,15H,1,6-7,9H2,2-4H3/t10-,11+/m1/s1. The molecule has 2 heteroatoms. The third-order valence-corrected chi connectivity index (χ3v) is 3.29. The minimum absolute atomic E-state index is 0.0212. The number of aliphatic hydroxyl groups is 1. The quantitative estimate of drug-likeness (QED) is 0.726. The molecular formula is C14H22O2. The van der Waals surface area contributed by atoms with Gasteiger partial charge in [-0.3, -0.25) is 4.79 Å². The lowest BCUT2D eigenvalue weighted by atomic mass is 9.84. The van der Waals surface area contributed by atoms with Crippen molar-refractivity contribution in [2.75, 3.05) is 6.61 Å². The molecule has 0 saturated heterocycles. The predicted octanol–water partition coefficient (Wildman–Crippen LogP) is 2.73. The highest BCUT2D eigenvalue weighted by molar-refractivity contribution is 5.99. The Hall–Kier alpha value is -0.890. The molecule has 0 spiro atoms. The molecule has 0 aliphatic heterocycles. The van der Waals surface area contributed by atoms with Gasteiger partial charge in [0.05, 0.1) is 0 Å². The van der Waals surface area contributed by atoms with Crippen molar-refractivity contribution in [2.24, 2.45) is 17.3 Å². The van der Waals surface area contributed by atoms with E-state index < -0.39 is 0 Å². The zero-order valence-corrected chi connectivity index (χ0v) is 10.5. The van der Waals surface area contributed by atoms with Crippen molar-refractivity contribution in [1.82, 2.24) is 0 Å². The van der Waals surface area contributed by atoms with Crippen molar-refractivity contribution in [3.05, 3.63) is 24.3 Å². The first kappa shape index (κ1) is 13.2. The lowest BCUT2D eigenvalue weighted by Crippen LogP contribution is -2.16. The number of rotatable bonds is 5. The van der Waals surface area contributed by atoms with Gasteiger partial charge in [0, 0.05) is 18.9 Å². The second kappa shape index (κ2) is 4.96. The molecule has 0 aromatic carbocycles. The van der Waals surface area contributed by atoms with Crippen LogP contribution >= 0.6 is 0 Å². The summed E-state index contributed by atoms with van der Waals surface area (Å²) >= 11 is 0. The van der Waals surface area contributed by atoms with Crippen molar-refractivity contribution in [3.8, 4) is 0 Å². The van der Waals surface area contributed by atoms with Gasteiger partial charge in [0.25, 0.3) is 0 Å². The van der Waals surface area contributed by atoms with Crippen LogP contribution in [0.25, 0.3) is 0 Å². The normalized spacial score (nSPS) is 22.8.